The van der Waals surface area contributed by atoms with Gasteiger partial charge in [0, 0.05) is 33.7 Å². The molecule has 1 atom stereocenters. The minimum Gasteiger partial charge on any atom is -0.374 e. The molecule has 1 unspecified atom stereocenters. The smallest absolute Gasteiger partial charge is 0.271 e. The molecular weight excluding hydrogens is 246 g/mol. The number of ether oxygens (including phenoxy) is 1. The standard InChI is InChI=1S/C12H19N5O2/c1-13-12(18)10-3-4-11(16-15-10)17(2)8-9-7-14-5-6-19-9/h3-4,9,14H,5-8H2,1-2H3,(H,13,18). The molecule has 2 heterocycles. The average molecular weight is 265 g/mol. The Morgan fingerprint density at radius 1 is 1.58 bits per heavy atom. The summed E-state index contributed by atoms with van der Waals surface area (Å²) in [6.07, 6.45) is 0.152. The fraction of sp³-hybridized carbons (Fsp3) is 0.583. The van der Waals surface area contributed by atoms with E-state index in [1.807, 2.05) is 11.9 Å². The second kappa shape index (κ2) is 6.44. The molecule has 0 radical (unpaired) electrons. The van der Waals surface area contributed by atoms with E-state index in [-0.39, 0.29) is 12.0 Å². The van der Waals surface area contributed by atoms with E-state index in [0.717, 1.165) is 32.1 Å². The summed E-state index contributed by atoms with van der Waals surface area (Å²) in [4.78, 5) is 13.3. The topological polar surface area (TPSA) is 79.4 Å². The van der Waals surface area contributed by atoms with E-state index < -0.39 is 0 Å². The van der Waals surface area contributed by atoms with Crippen LogP contribution in [-0.2, 0) is 4.74 Å². The van der Waals surface area contributed by atoms with Crippen molar-refractivity contribution in [3.8, 4) is 0 Å². The second-order valence-corrected chi connectivity index (χ2v) is 4.43. The van der Waals surface area contributed by atoms with E-state index in [1.165, 1.54) is 0 Å². The number of hydrogen-bond acceptors (Lipinski definition) is 6. The number of carbonyl (C=O) groups is 1. The average Bonchev–Trinajstić information content (AvgIpc) is 2.47. The molecule has 1 aliphatic heterocycles. The van der Waals surface area contributed by atoms with Crippen LogP contribution >= 0.6 is 0 Å². The van der Waals surface area contributed by atoms with Crippen molar-refractivity contribution in [3.63, 3.8) is 0 Å². The zero-order chi connectivity index (χ0) is 13.7. The molecule has 1 aromatic rings. The van der Waals surface area contributed by atoms with Crippen LogP contribution in [0.1, 0.15) is 10.5 Å². The van der Waals surface area contributed by atoms with Gasteiger partial charge >= 0.3 is 0 Å². The number of nitrogens with zero attached hydrogens (tertiary/aromatic N) is 3. The maximum absolute atomic E-state index is 11.4. The number of likely N-dealkylation sites (N-methyl/N-ethyl adjacent to an activating group) is 1. The van der Waals surface area contributed by atoms with Crippen molar-refractivity contribution in [2.24, 2.45) is 0 Å². The van der Waals surface area contributed by atoms with Crippen molar-refractivity contribution in [2.75, 3.05) is 45.2 Å². The Morgan fingerprint density at radius 3 is 3.00 bits per heavy atom. The molecule has 7 nitrogen and oxygen atoms in total. The van der Waals surface area contributed by atoms with Crippen LogP contribution in [-0.4, -0.2) is 62.5 Å². The van der Waals surface area contributed by atoms with Crippen LogP contribution in [0.25, 0.3) is 0 Å². The van der Waals surface area contributed by atoms with Crippen LogP contribution in [0, 0.1) is 0 Å². The van der Waals surface area contributed by atoms with E-state index in [9.17, 15) is 4.79 Å². The molecule has 0 aliphatic carbocycles. The Labute approximate surface area is 112 Å². The van der Waals surface area contributed by atoms with Crippen molar-refractivity contribution >= 4 is 11.7 Å². The lowest BCUT2D eigenvalue weighted by molar-refractivity contribution is 0.0339. The fourth-order valence-electron chi connectivity index (χ4n) is 1.91. The zero-order valence-corrected chi connectivity index (χ0v) is 11.2. The lowest BCUT2D eigenvalue weighted by atomic mass is 10.3. The summed E-state index contributed by atoms with van der Waals surface area (Å²) in [5.74, 6) is 0.489. The minimum atomic E-state index is -0.235. The molecular formula is C12H19N5O2. The van der Waals surface area contributed by atoms with Crippen molar-refractivity contribution in [3.05, 3.63) is 17.8 Å². The van der Waals surface area contributed by atoms with Crippen molar-refractivity contribution in [2.45, 2.75) is 6.10 Å². The summed E-state index contributed by atoms with van der Waals surface area (Å²) in [6.45, 7) is 3.22. The van der Waals surface area contributed by atoms with E-state index in [1.54, 1.807) is 19.2 Å². The number of aromatic nitrogens is 2. The minimum absolute atomic E-state index is 0.152. The number of carbonyl (C=O) groups excluding carboxylic acids is 1. The number of hydrogen-bond donors (Lipinski definition) is 2. The molecule has 1 amide bonds. The van der Waals surface area contributed by atoms with Gasteiger partial charge in [0.25, 0.3) is 5.91 Å². The lowest BCUT2D eigenvalue weighted by Gasteiger charge is -2.28. The third-order valence-corrected chi connectivity index (χ3v) is 2.98. The van der Waals surface area contributed by atoms with Crippen LogP contribution in [0.2, 0.25) is 0 Å². The molecule has 0 bridgehead atoms. The number of amides is 1. The molecule has 2 N–H and O–H groups in total. The highest BCUT2D eigenvalue weighted by molar-refractivity contribution is 5.91. The van der Waals surface area contributed by atoms with Gasteiger partial charge in [0.1, 0.15) is 0 Å². The second-order valence-electron chi connectivity index (χ2n) is 4.43. The maximum atomic E-state index is 11.4. The quantitative estimate of drug-likeness (QED) is 0.746. The van der Waals surface area contributed by atoms with Gasteiger partial charge in [-0.3, -0.25) is 4.79 Å². The van der Waals surface area contributed by atoms with E-state index in [2.05, 4.69) is 20.8 Å². The Balaban J connectivity index is 1.94. The van der Waals surface area contributed by atoms with E-state index in [4.69, 9.17) is 4.74 Å². The Hall–Kier alpha value is -1.73. The number of nitrogens with one attached hydrogen (secondary N) is 2. The third-order valence-electron chi connectivity index (χ3n) is 2.98. The molecule has 19 heavy (non-hydrogen) atoms. The molecule has 1 fully saturated rings. The first kappa shape index (κ1) is 13.7. The molecule has 7 heteroatoms. The molecule has 0 saturated carbocycles. The Bertz CT molecular complexity index is 417. The van der Waals surface area contributed by atoms with Gasteiger partial charge in [-0.05, 0) is 12.1 Å². The van der Waals surface area contributed by atoms with Gasteiger partial charge in [-0.2, -0.15) is 0 Å². The predicted octanol–water partition coefficient (Wildman–Crippen LogP) is -0.739. The fourth-order valence-corrected chi connectivity index (χ4v) is 1.91. The maximum Gasteiger partial charge on any atom is 0.271 e. The van der Waals surface area contributed by atoms with Crippen molar-refractivity contribution in [1.29, 1.82) is 0 Å². The lowest BCUT2D eigenvalue weighted by Crippen LogP contribution is -2.44. The van der Waals surface area contributed by atoms with Gasteiger partial charge in [0.05, 0.1) is 12.7 Å². The highest BCUT2D eigenvalue weighted by Crippen LogP contribution is 2.09. The summed E-state index contributed by atoms with van der Waals surface area (Å²) in [6, 6.07) is 3.45. The highest BCUT2D eigenvalue weighted by atomic mass is 16.5. The van der Waals surface area contributed by atoms with Gasteiger partial charge < -0.3 is 20.3 Å². The van der Waals surface area contributed by atoms with Crippen LogP contribution in [0.4, 0.5) is 5.82 Å². The first-order valence-corrected chi connectivity index (χ1v) is 6.30. The molecule has 2 rings (SSSR count). The van der Waals surface area contributed by atoms with Gasteiger partial charge in [-0.25, -0.2) is 0 Å². The summed E-state index contributed by atoms with van der Waals surface area (Å²) in [7, 11) is 3.50. The first-order chi connectivity index (χ1) is 9.20. The van der Waals surface area contributed by atoms with Crippen molar-refractivity contribution in [1.82, 2.24) is 20.8 Å². The van der Waals surface area contributed by atoms with Crippen molar-refractivity contribution < 1.29 is 9.53 Å². The summed E-state index contributed by atoms with van der Waals surface area (Å²) < 4.78 is 5.63. The van der Waals surface area contributed by atoms with Crippen LogP contribution in [0.15, 0.2) is 12.1 Å². The SMILES string of the molecule is CNC(=O)c1ccc(N(C)CC2CNCCO2)nn1. The molecule has 1 aliphatic rings. The van der Waals surface area contributed by atoms with Gasteiger partial charge in [-0.15, -0.1) is 10.2 Å². The predicted molar refractivity (Wildman–Crippen MR) is 71.3 cm³/mol. The van der Waals surface area contributed by atoms with E-state index >= 15 is 0 Å². The number of anilines is 1. The summed E-state index contributed by atoms with van der Waals surface area (Å²) in [5.41, 5.74) is 0.315. The Kier molecular flexibility index (Phi) is 4.64. The highest BCUT2D eigenvalue weighted by Gasteiger charge is 2.16. The summed E-state index contributed by atoms with van der Waals surface area (Å²) >= 11 is 0. The first-order valence-electron chi connectivity index (χ1n) is 6.30. The third kappa shape index (κ3) is 3.62. The molecule has 104 valence electrons. The zero-order valence-electron chi connectivity index (χ0n) is 11.2. The largest absolute Gasteiger partial charge is 0.374 e. The molecule has 1 saturated heterocycles. The van der Waals surface area contributed by atoms with Gasteiger partial charge in [0.2, 0.25) is 0 Å². The normalized spacial score (nSPS) is 18.9. The molecule has 0 aromatic carbocycles. The molecule has 0 spiro atoms. The van der Waals surface area contributed by atoms with Crippen LogP contribution in [0.3, 0.4) is 0 Å². The van der Waals surface area contributed by atoms with Crippen LogP contribution in [0.5, 0.6) is 0 Å². The molecule has 1 aromatic heterocycles. The Morgan fingerprint density at radius 2 is 2.42 bits per heavy atom. The van der Waals surface area contributed by atoms with Gasteiger partial charge in [-0.1, -0.05) is 0 Å². The van der Waals surface area contributed by atoms with Crippen LogP contribution < -0.4 is 15.5 Å². The monoisotopic (exact) mass is 265 g/mol. The summed E-state index contributed by atoms with van der Waals surface area (Å²) in [5, 5.41) is 13.8. The number of morpholine rings is 1. The van der Waals surface area contributed by atoms with E-state index in [0.29, 0.717) is 5.69 Å². The van der Waals surface area contributed by atoms with Gasteiger partial charge in [0.15, 0.2) is 11.5 Å². The number of rotatable bonds is 4.